The van der Waals surface area contributed by atoms with Gasteiger partial charge in [-0.25, -0.2) is 0 Å². The van der Waals surface area contributed by atoms with Crippen molar-refractivity contribution in [3.05, 3.63) is 11.6 Å². The third-order valence-corrected chi connectivity index (χ3v) is 4.63. The molecular formula is C16H28O3. The number of esters is 1. The van der Waals surface area contributed by atoms with E-state index >= 15 is 0 Å². The third-order valence-electron chi connectivity index (χ3n) is 4.63. The van der Waals surface area contributed by atoms with Gasteiger partial charge in [-0.1, -0.05) is 19.9 Å². The molecule has 1 N–H and O–H groups in total. The number of rotatable bonds is 4. The lowest BCUT2D eigenvalue weighted by molar-refractivity contribution is -0.154. The van der Waals surface area contributed by atoms with Gasteiger partial charge in [-0.15, -0.1) is 0 Å². The van der Waals surface area contributed by atoms with E-state index in [-0.39, 0.29) is 23.4 Å². The molecule has 0 aromatic heterocycles. The molecule has 0 heterocycles. The first kappa shape index (κ1) is 16.2. The van der Waals surface area contributed by atoms with Crippen LogP contribution in [0.15, 0.2) is 11.6 Å². The van der Waals surface area contributed by atoms with Gasteiger partial charge in [0.25, 0.3) is 0 Å². The first-order valence-corrected chi connectivity index (χ1v) is 7.38. The van der Waals surface area contributed by atoms with Crippen LogP contribution in [0, 0.1) is 11.3 Å². The second-order valence-corrected chi connectivity index (χ2v) is 5.89. The number of aliphatic hydroxyl groups is 1. The Morgan fingerprint density at radius 1 is 1.58 bits per heavy atom. The highest BCUT2D eigenvalue weighted by molar-refractivity contribution is 5.66. The van der Waals surface area contributed by atoms with Gasteiger partial charge in [0, 0.05) is 12.8 Å². The highest BCUT2D eigenvalue weighted by atomic mass is 16.5. The summed E-state index contributed by atoms with van der Waals surface area (Å²) in [5, 5.41) is 10.0. The Bertz CT molecular complexity index is 346. The van der Waals surface area contributed by atoms with Crippen LogP contribution in [-0.4, -0.2) is 23.3 Å². The Morgan fingerprint density at radius 2 is 2.21 bits per heavy atom. The van der Waals surface area contributed by atoms with Gasteiger partial charge in [-0.05, 0) is 50.5 Å². The maximum absolute atomic E-state index is 11.3. The average Bonchev–Trinajstić information content (AvgIpc) is 2.28. The molecule has 0 aliphatic heterocycles. The van der Waals surface area contributed by atoms with Gasteiger partial charge in [0.1, 0.15) is 6.10 Å². The van der Waals surface area contributed by atoms with Crippen LogP contribution in [0.5, 0.6) is 0 Å². The summed E-state index contributed by atoms with van der Waals surface area (Å²) in [6.45, 7) is 9.63. The highest BCUT2D eigenvalue weighted by Crippen LogP contribution is 2.49. The van der Waals surface area contributed by atoms with Crippen molar-refractivity contribution in [1.82, 2.24) is 0 Å². The maximum atomic E-state index is 11.3. The Labute approximate surface area is 117 Å². The predicted octanol–water partition coefficient (Wildman–Crippen LogP) is 3.46. The largest absolute Gasteiger partial charge is 0.462 e. The van der Waals surface area contributed by atoms with Gasteiger partial charge in [0.15, 0.2) is 0 Å². The van der Waals surface area contributed by atoms with Crippen LogP contribution >= 0.6 is 0 Å². The van der Waals surface area contributed by atoms with E-state index in [4.69, 9.17) is 4.74 Å². The summed E-state index contributed by atoms with van der Waals surface area (Å²) in [7, 11) is 0. The Kier molecular flexibility index (Phi) is 5.60. The molecule has 0 aromatic carbocycles. The van der Waals surface area contributed by atoms with E-state index in [1.165, 1.54) is 6.92 Å². The predicted molar refractivity (Wildman–Crippen MR) is 76.7 cm³/mol. The van der Waals surface area contributed by atoms with Gasteiger partial charge >= 0.3 is 5.97 Å². The first-order valence-electron chi connectivity index (χ1n) is 7.38. The van der Waals surface area contributed by atoms with Crippen molar-refractivity contribution >= 4 is 5.97 Å². The van der Waals surface area contributed by atoms with Crippen molar-refractivity contribution in [3.63, 3.8) is 0 Å². The van der Waals surface area contributed by atoms with E-state index < -0.39 is 6.10 Å². The molecule has 3 nitrogen and oxygen atoms in total. The molecule has 0 radical (unpaired) electrons. The normalized spacial score (nSPS) is 33.9. The number of hydrogen-bond acceptors (Lipinski definition) is 3. The number of allylic oxidation sites excluding steroid dienone is 1. The SMILES string of the molecule is C/C=C(\C(C)O)C1(C)CCCC(OC(C)=O)C1CC. The van der Waals surface area contributed by atoms with Crippen molar-refractivity contribution in [2.24, 2.45) is 11.3 Å². The van der Waals surface area contributed by atoms with Gasteiger partial charge in [0.05, 0.1) is 6.10 Å². The monoisotopic (exact) mass is 268 g/mol. The lowest BCUT2D eigenvalue weighted by Gasteiger charge is -2.47. The second kappa shape index (κ2) is 6.56. The molecule has 0 aromatic rings. The summed E-state index contributed by atoms with van der Waals surface area (Å²) in [6.07, 6.45) is 5.55. The van der Waals surface area contributed by atoms with Crippen LogP contribution in [-0.2, 0) is 9.53 Å². The van der Waals surface area contributed by atoms with Crippen molar-refractivity contribution in [2.75, 3.05) is 0 Å². The standard InChI is InChI=1S/C16H28O3/c1-6-13(11(3)17)16(5)10-8-9-15(14(16)7-2)19-12(4)18/h6,11,14-15,17H,7-10H2,1-5H3/b13-6+. The van der Waals surface area contributed by atoms with Crippen molar-refractivity contribution in [3.8, 4) is 0 Å². The van der Waals surface area contributed by atoms with Crippen LogP contribution in [0.4, 0.5) is 0 Å². The van der Waals surface area contributed by atoms with Gasteiger partial charge in [-0.2, -0.15) is 0 Å². The zero-order valence-electron chi connectivity index (χ0n) is 12.9. The van der Waals surface area contributed by atoms with Crippen molar-refractivity contribution in [1.29, 1.82) is 0 Å². The first-order chi connectivity index (χ1) is 8.86. The van der Waals surface area contributed by atoms with Gasteiger partial charge < -0.3 is 9.84 Å². The quantitative estimate of drug-likeness (QED) is 0.627. The van der Waals surface area contributed by atoms with E-state index in [1.807, 2.05) is 19.9 Å². The molecule has 19 heavy (non-hydrogen) atoms. The third kappa shape index (κ3) is 3.38. The number of carbonyl (C=O) groups excluding carboxylic acids is 1. The fourth-order valence-corrected chi connectivity index (χ4v) is 3.94. The fraction of sp³-hybridized carbons (Fsp3) is 0.812. The van der Waals surface area contributed by atoms with Crippen LogP contribution < -0.4 is 0 Å². The molecule has 0 amide bonds. The van der Waals surface area contributed by atoms with Gasteiger partial charge in [0.2, 0.25) is 0 Å². The van der Waals surface area contributed by atoms with Crippen LogP contribution in [0.1, 0.15) is 60.3 Å². The molecular weight excluding hydrogens is 240 g/mol. The Morgan fingerprint density at radius 3 is 2.63 bits per heavy atom. The van der Waals surface area contributed by atoms with E-state index in [0.717, 1.165) is 31.3 Å². The summed E-state index contributed by atoms with van der Waals surface area (Å²) in [4.78, 5) is 11.3. The summed E-state index contributed by atoms with van der Waals surface area (Å²) < 4.78 is 5.52. The number of hydrogen-bond donors (Lipinski definition) is 1. The minimum atomic E-state index is -0.444. The molecule has 110 valence electrons. The zero-order chi connectivity index (χ0) is 14.6. The topological polar surface area (TPSA) is 46.5 Å². The molecule has 1 aliphatic rings. The van der Waals surface area contributed by atoms with Crippen molar-refractivity contribution in [2.45, 2.75) is 72.5 Å². The molecule has 1 saturated carbocycles. The smallest absolute Gasteiger partial charge is 0.302 e. The number of aliphatic hydroxyl groups excluding tert-OH is 1. The molecule has 0 saturated heterocycles. The number of carbonyl (C=O) groups is 1. The lowest BCUT2D eigenvalue weighted by Crippen LogP contribution is -2.45. The zero-order valence-corrected chi connectivity index (χ0v) is 12.9. The van der Waals surface area contributed by atoms with Crippen molar-refractivity contribution < 1.29 is 14.6 Å². The van der Waals surface area contributed by atoms with E-state index in [0.29, 0.717) is 0 Å². The summed E-state index contributed by atoms with van der Waals surface area (Å²) in [5.41, 5.74) is 1.01. The van der Waals surface area contributed by atoms with E-state index in [9.17, 15) is 9.90 Å². The molecule has 3 heteroatoms. The second-order valence-electron chi connectivity index (χ2n) is 5.89. The summed E-state index contributed by atoms with van der Waals surface area (Å²) in [5.74, 6) is 0.0812. The Balaban J connectivity index is 3.06. The lowest BCUT2D eigenvalue weighted by atomic mass is 9.60. The minimum Gasteiger partial charge on any atom is -0.462 e. The molecule has 1 aliphatic carbocycles. The average molecular weight is 268 g/mol. The van der Waals surface area contributed by atoms with Crippen LogP contribution in [0.25, 0.3) is 0 Å². The molecule has 1 rings (SSSR count). The molecule has 0 bridgehead atoms. The summed E-state index contributed by atoms with van der Waals surface area (Å²) >= 11 is 0. The molecule has 1 fully saturated rings. The molecule has 4 unspecified atom stereocenters. The highest BCUT2D eigenvalue weighted by Gasteiger charge is 2.45. The molecule has 4 atom stereocenters. The molecule has 0 spiro atoms. The van der Waals surface area contributed by atoms with Gasteiger partial charge in [-0.3, -0.25) is 4.79 Å². The Hall–Kier alpha value is -0.830. The van der Waals surface area contributed by atoms with Crippen LogP contribution in [0.2, 0.25) is 0 Å². The summed E-state index contributed by atoms with van der Waals surface area (Å²) in [6, 6.07) is 0. The van der Waals surface area contributed by atoms with E-state index in [2.05, 4.69) is 13.8 Å². The fourth-order valence-electron chi connectivity index (χ4n) is 3.94. The minimum absolute atomic E-state index is 0.0186. The van der Waals surface area contributed by atoms with E-state index in [1.54, 1.807) is 0 Å². The maximum Gasteiger partial charge on any atom is 0.302 e. The van der Waals surface area contributed by atoms with Crippen LogP contribution in [0.3, 0.4) is 0 Å². The number of ether oxygens (including phenoxy) is 1.